The molecule has 17 heavy (non-hydrogen) atoms. The number of hydrogen-bond donors (Lipinski definition) is 2. The number of ether oxygens (including phenoxy) is 1. The Hall–Kier alpha value is -0.770. The maximum absolute atomic E-state index is 5.57. The lowest BCUT2D eigenvalue weighted by Gasteiger charge is -2.10. The molecule has 0 bridgehead atoms. The topological polar surface area (TPSA) is 45.7 Å². The summed E-state index contributed by atoms with van der Waals surface area (Å²) in [5.41, 5.74) is 0. The number of nitrogens with zero attached hydrogens (tertiary/aromatic N) is 1. The van der Waals surface area contributed by atoms with Crippen molar-refractivity contribution in [3.8, 4) is 0 Å². The Morgan fingerprint density at radius 2 is 2.18 bits per heavy atom. The van der Waals surface area contributed by atoms with E-state index >= 15 is 0 Å². The van der Waals surface area contributed by atoms with Gasteiger partial charge in [-0.25, -0.2) is 0 Å². The number of nitrogens with one attached hydrogen (secondary N) is 2. The summed E-state index contributed by atoms with van der Waals surface area (Å²) in [7, 11) is 0. The van der Waals surface area contributed by atoms with Gasteiger partial charge in [0.15, 0.2) is 5.96 Å². The zero-order valence-electron chi connectivity index (χ0n) is 11.0. The van der Waals surface area contributed by atoms with Gasteiger partial charge in [0.25, 0.3) is 0 Å². The van der Waals surface area contributed by atoms with Gasteiger partial charge in [0.05, 0.1) is 13.2 Å². The Balaban J connectivity index is 1.59. The largest absolute Gasteiger partial charge is 0.379 e. The lowest BCUT2D eigenvalue weighted by Crippen LogP contribution is -2.39. The van der Waals surface area contributed by atoms with Crippen LogP contribution < -0.4 is 10.6 Å². The molecule has 0 aromatic rings. The Morgan fingerprint density at radius 3 is 2.76 bits per heavy atom. The molecule has 4 nitrogen and oxygen atoms in total. The molecule has 0 amide bonds. The van der Waals surface area contributed by atoms with Crippen LogP contribution in [-0.2, 0) is 4.74 Å². The highest BCUT2D eigenvalue weighted by atomic mass is 16.5. The molecule has 2 fully saturated rings. The molecule has 2 aliphatic rings. The lowest BCUT2D eigenvalue weighted by molar-refractivity contribution is 0.131. The van der Waals surface area contributed by atoms with E-state index in [1.54, 1.807) is 0 Å². The smallest absolute Gasteiger partial charge is 0.191 e. The number of hydrogen-bond acceptors (Lipinski definition) is 2. The van der Waals surface area contributed by atoms with Crippen LogP contribution in [0.15, 0.2) is 4.99 Å². The molecule has 2 N–H and O–H groups in total. The Labute approximate surface area is 104 Å². The number of rotatable bonds is 7. The first kappa shape index (κ1) is 12.7. The van der Waals surface area contributed by atoms with Crippen molar-refractivity contribution in [1.29, 1.82) is 0 Å². The van der Waals surface area contributed by atoms with Gasteiger partial charge in [0.1, 0.15) is 0 Å². The van der Waals surface area contributed by atoms with E-state index in [1.165, 1.54) is 19.3 Å². The Morgan fingerprint density at radius 1 is 1.41 bits per heavy atom. The van der Waals surface area contributed by atoms with Crippen molar-refractivity contribution < 1.29 is 4.74 Å². The molecule has 2 saturated carbocycles. The average Bonchev–Trinajstić information content (AvgIpc) is 3.19. The fraction of sp³-hybridized carbons (Fsp3) is 0.923. The van der Waals surface area contributed by atoms with E-state index in [0.29, 0.717) is 6.04 Å². The summed E-state index contributed by atoms with van der Waals surface area (Å²) in [6, 6.07) is 0.625. The molecule has 0 heterocycles. The van der Waals surface area contributed by atoms with Crippen molar-refractivity contribution in [1.82, 2.24) is 10.6 Å². The summed E-state index contributed by atoms with van der Waals surface area (Å²) in [5, 5.41) is 6.71. The minimum absolute atomic E-state index is 0.625. The highest BCUT2D eigenvalue weighted by Gasteiger charge is 2.33. The standard InChI is InChI=1S/C13H25N3O/c1-3-14-13(16-12-8-10(12)2)15-6-7-17-9-11-4-5-11/h10-12H,3-9H2,1-2H3,(H2,14,15,16). The zero-order chi connectivity index (χ0) is 12.1. The highest BCUT2D eigenvalue weighted by molar-refractivity contribution is 5.80. The summed E-state index contributed by atoms with van der Waals surface area (Å²) in [6.07, 6.45) is 3.97. The molecule has 0 aliphatic heterocycles. The molecular weight excluding hydrogens is 214 g/mol. The summed E-state index contributed by atoms with van der Waals surface area (Å²) in [6.45, 7) is 7.70. The van der Waals surface area contributed by atoms with E-state index in [0.717, 1.165) is 44.1 Å². The number of aliphatic imine (C=N–C) groups is 1. The average molecular weight is 239 g/mol. The van der Waals surface area contributed by atoms with Crippen LogP contribution in [0, 0.1) is 11.8 Å². The van der Waals surface area contributed by atoms with E-state index in [1.807, 2.05) is 0 Å². The zero-order valence-corrected chi connectivity index (χ0v) is 11.0. The first-order valence-electron chi connectivity index (χ1n) is 6.92. The highest BCUT2D eigenvalue weighted by Crippen LogP contribution is 2.29. The van der Waals surface area contributed by atoms with E-state index in [-0.39, 0.29) is 0 Å². The van der Waals surface area contributed by atoms with Gasteiger partial charge < -0.3 is 15.4 Å². The van der Waals surface area contributed by atoms with Crippen LogP contribution in [0.1, 0.15) is 33.1 Å². The van der Waals surface area contributed by atoms with Crippen molar-refractivity contribution in [2.45, 2.75) is 39.2 Å². The molecule has 0 spiro atoms. The number of guanidine groups is 1. The predicted octanol–water partition coefficient (Wildman–Crippen LogP) is 1.38. The van der Waals surface area contributed by atoms with Crippen molar-refractivity contribution >= 4 is 5.96 Å². The summed E-state index contributed by atoms with van der Waals surface area (Å²) < 4.78 is 5.57. The van der Waals surface area contributed by atoms with Crippen LogP contribution in [0.3, 0.4) is 0 Å². The molecule has 2 aliphatic carbocycles. The molecule has 4 heteroatoms. The minimum Gasteiger partial charge on any atom is -0.379 e. The van der Waals surface area contributed by atoms with E-state index in [2.05, 4.69) is 29.5 Å². The second-order valence-corrected chi connectivity index (χ2v) is 5.24. The monoisotopic (exact) mass is 239 g/mol. The van der Waals surface area contributed by atoms with E-state index < -0.39 is 0 Å². The lowest BCUT2D eigenvalue weighted by atomic mass is 10.5. The molecule has 0 saturated heterocycles. The summed E-state index contributed by atoms with van der Waals surface area (Å²) in [4.78, 5) is 4.51. The Bertz CT molecular complexity index is 263. The molecular formula is C13H25N3O. The molecule has 0 aromatic carbocycles. The van der Waals surface area contributed by atoms with Crippen LogP contribution in [0.2, 0.25) is 0 Å². The van der Waals surface area contributed by atoms with Crippen LogP contribution in [0.25, 0.3) is 0 Å². The maximum Gasteiger partial charge on any atom is 0.191 e. The second-order valence-electron chi connectivity index (χ2n) is 5.24. The van der Waals surface area contributed by atoms with E-state index in [9.17, 15) is 0 Å². The maximum atomic E-state index is 5.57. The van der Waals surface area contributed by atoms with Gasteiger partial charge in [0, 0.05) is 19.2 Å². The molecule has 2 atom stereocenters. The SMILES string of the molecule is CCNC(=NCCOCC1CC1)NC1CC1C. The first-order chi connectivity index (χ1) is 8.29. The van der Waals surface area contributed by atoms with Gasteiger partial charge in [-0.2, -0.15) is 0 Å². The third kappa shape index (κ3) is 4.94. The van der Waals surface area contributed by atoms with Crippen LogP contribution in [0.4, 0.5) is 0 Å². The third-order valence-electron chi connectivity index (χ3n) is 3.33. The van der Waals surface area contributed by atoms with E-state index in [4.69, 9.17) is 4.74 Å². The molecule has 0 aromatic heterocycles. The molecule has 2 unspecified atom stereocenters. The van der Waals surface area contributed by atoms with Crippen molar-refractivity contribution in [2.75, 3.05) is 26.3 Å². The van der Waals surface area contributed by atoms with Crippen LogP contribution in [-0.4, -0.2) is 38.3 Å². The van der Waals surface area contributed by atoms with Gasteiger partial charge in [-0.15, -0.1) is 0 Å². The van der Waals surface area contributed by atoms with Crippen molar-refractivity contribution in [3.05, 3.63) is 0 Å². The second kappa shape index (κ2) is 6.24. The van der Waals surface area contributed by atoms with Crippen molar-refractivity contribution in [2.24, 2.45) is 16.8 Å². The van der Waals surface area contributed by atoms with Gasteiger partial charge in [-0.3, -0.25) is 4.99 Å². The van der Waals surface area contributed by atoms with Gasteiger partial charge in [-0.1, -0.05) is 6.92 Å². The fourth-order valence-electron chi connectivity index (χ4n) is 1.78. The summed E-state index contributed by atoms with van der Waals surface area (Å²) >= 11 is 0. The minimum atomic E-state index is 0.625. The van der Waals surface area contributed by atoms with Gasteiger partial charge in [-0.05, 0) is 38.0 Å². The molecule has 98 valence electrons. The first-order valence-corrected chi connectivity index (χ1v) is 6.92. The summed E-state index contributed by atoms with van der Waals surface area (Å²) in [5.74, 6) is 2.58. The van der Waals surface area contributed by atoms with Crippen LogP contribution >= 0.6 is 0 Å². The predicted molar refractivity (Wildman–Crippen MR) is 70.2 cm³/mol. The van der Waals surface area contributed by atoms with Gasteiger partial charge >= 0.3 is 0 Å². The Kier molecular flexibility index (Phi) is 4.66. The van der Waals surface area contributed by atoms with Gasteiger partial charge in [0.2, 0.25) is 0 Å². The van der Waals surface area contributed by atoms with Crippen LogP contribution in [0.5, 0.6) is 0 Å². The molecule has 0 radical (unpaired) electrons. The normalized spacial score (nSPS) is 28.0. The quantitative estimate of drug-likeness (QED) is 0.401. The third-order valence-corrected chi connectivity index (χ3v) is 3.33. The molecule has 2 rings (SSSR count). The van der Waals surface area contributed by atoms with Crippen molar-refractivity contribution in [3.63, 3.8) is 0 Å². The fourth-order valence-corrected chi connectivity index (χ4v) is 1.78.